The van der Waals surface area contributed by atoms with Crippen LogP contribution < -0.4 is 20.4 Å². The van der Waals surface area contributed by atoms with Gasteiger partial charge in [-0.2, -0.15) is 0 Å². The van der Waals surface area contributed by atoms with Crippen LogP contribution in [0.5, 0.6) is 0 Å². The van der Waals surface area contributed by atoms with Crippen molar-refractivity contribution in [3.63, 3.8) is 0 Å². The number of hydrogen-bond acceptors (Lipinski definition) is 5. The average Bonchev–Trinajstić information content (AvgIpc) is 2.88. The number of dihydropyridines is 1. The van der Waals surface area contributed by atoms with Crippen LogP contribution in [-0.2, 0) is 0 Å². The summed E-state index contributed by atoms with van der Waals surface area (Å²) in [6.07, 6.45) is 4.94. The molecule has 6 heteroatoms. The third kappa shape index (κ3) is 3.97. The fourth-order valence-electron chi connectivity index (χ4n) is 3.66. The number of rotatable bonds is 4. The van der Waals surface area contributed by atoms with Crippen molar-refractivity contribution in [2.45, 2.75) is 13.3 Å². The average molecular weight is 391 g/mol. The van der Waals surface area contributed by atoms with Gasteiger partial charge in [0.05, 0.1) is 11.4 Å². The zero-order valence-corrected chi connectivity index (χ0v) is 16.9. The van der Waals surface area contributed by atoms with Crippen molar-refractivity contribution in [2.75, 3.05) is 36.5 Å². The number of hydrogen-bond donors (Lipinski definition) is 2. The Bertz CT molecular complexity index is 995. The molecular weight excluding hydrogens is 365 g/mol. The van der Waals surface area contributed by atoms with Gasteiger partial charge in [-0.05, 0) is 55.5 Å². The molecule has 0 saturated carbocycles. The predicted molar refractivity (Wildman–Crippen MR) is 117 cm³/mol. The molecule has 29 heavy (non-hydrogen) atoms. The molecule has 0 saturated heterocycles. The largest absolute Gasteiger partial charge is 0.387 e. The molecule has 0 amide bonds. The minimum absolute atomic E-state index is 0.264. The van der Waals surface area contributed by atoms with Crippen LogP contribution in [0.3, 0.4) is 0 Å². The van der Waals surface area contributed by atoms with E-state index < -0.39 is 0 Å². The maximum atomic E-state index is 13.7. The Morgan fingerprint density at radius 3 is 2.90 bits per heavy atom. The van der Waals surface area contributed by atoms with Crippen LogP contribution in [0.15, 0.2) is 72.3 Å². The van der Waals surface area contributed by atoms with Gasteiger partial charge in [0.25, 0.3) is 0 Å². The first-order valence-corrected chi connectivity index (χ1v) is 9.84. The van der Waals surface area contributed by atoms with Gasteiger partial charge in [0.15, 0.2) is 5.82 Å². The van der Waals surface area contributed by atoms with Crippen molar-refractivity contribution in [3.05, 3.63) is 78.2 Å². The van der Waals surface area contributed by atoms with E-state index >= 15 is 0 Å². The van der Waals surface area contributed by atoms with Crippen molar-refractivity contribution in [3.8, 4) is 11.3 Å². The first kappa shape index (κ1) is 19.1. The van der Waals surface area contributed by atoms with E-state index in [0.29, 0.717) is 0 Å². The van der Waals surface area contributed by atoms with Crippen LogP contribution in [0.25, 0.3) is 11.3 Å². The van der Waals surface area contributed by atoms with E-state index in [-0.39, 0.29) is 5.82 Å². The lowest BCUT2D eigenvalue weighted by Crippen LogP contribution is -2.33. The predicted octanol–water partition coefficient (Wildman–Crippen LogP) is 3.99. The number of pyridine rings is 1. The lowest BCUT2D eigenvalue weighted by molar-refractivity contribution is 0.628. The number of halogens is 1. The fraction of sp³-hybridized carbons (Fsp3) is 0.261. The molecule has 0 aliphatic carbocycles. The number of benzene rings is 1. The number of aromatic nitrogens is 1. The number of anilines is 2. The van der Waals surface area contributed by atoms with Crippen molar-refractivity contribution >= 4 is 11.5 Å². The van der Waals surface area contributed by atoms with Crippen LogP contribution in [0.2, 0.25) is 0 Å². The van der Waals surface area contributed by atoms with E-state index in [9.17, 15) is 4.39 Å². The molecule has 2 aliphatic heterocycles. The van der Waals surface area contributed by atoms with Gasteiger partial charge in [0, 0.05) is 37.9 Å². The summed E-state index contributed by atoms with van der Waals surface area (Å²) in [5.41, 5.74) is 4.82. The number of nitrogens with one attached hydrogen (secondary N) is 2. The minimum Gasteiger partial charge on any atom is -0.387 e. The van der Waals surface area contributed by atoms with Crippen molar-refractivity contribution in [2.24, 2.45) is 0 Å². The fourth-order valence-corrected chi connectivity index (χ4v) is 3.66. The molecule has 2 aliphatic rings. The molecule has 5 nitrogen and oxygen atoms in total. The molecule has 0 fully saturated rings. The van der Waals surface area contributed by atoms with Gasteiger partial charge in [-0.15, -0.1) is 0 Å². The Labute approximate surface area is 171 Å². The minimum atomic E-state index is -0.264. The van der Waals surface area contributed by atoms with E-state index in [1.54, 1.807) is 6.07 Å². The van der Waals surface area contributed by atoms with E-state index in [0.717, 1.165) is 60.3 Å². The lowest BCUT2D eigenvalue weighted by atomic mass is 10.1. The molecule has 1 aromatic heterocycles. The molecule has 2 N–H and O–H groups in total. The highest BCUT2D eigenvalue weighted by atomic mass is 19.1. The Kier molecular flexibility index (Phi) is 5.25. The summed E-state index contributed by atoms with van der Waals surface area (Å²) in [4.78, 5) is 9.25. The molecule has 2 aromatic rings. The third-order valence-corrected chi connectivity index (χ3v) is 5.32. The third-order valence-electron chi connectivity index (χ3n) is 5.32. The van der Waals surface area contributed by atoms with E-state index in [1.807, 2.05) is 24.4 Å². The van der Waals surface area contributed by atoms with Crippen LogP contribution in [0.1, 0.15) is 13.3 Å². The molecule has 0 spiro atoms. The molecule has 0 atom stereocenters. The molecule has 1 aromatic carbocycles. The second kappa shape index (κ2) is 7.99. The van der Waals surface area contributed by atoms with Gasteiger partial charge in [0.1, 0.15) is 11.6 Å². The summed E-state index contributed by atoms with van der Waals surface area (Å²) in [6, 6.07) is 10.6. The topological polar surface area (TPSA) is 43.4 Å². The zero-order valence-electron chi connectivity index (χ0n) is 16.9. The molecule has 0 unspecified atom stereocenters. The van der Waals surface area contributed by atoms with Gasteiger partial charge >= 0.3 is 0 Å². The van der Waals surface area contributed by atoms with E-state index in [4.69, 9.17) is 4.98 Å². The highest BCUT2D eigenvalue weighted by Gasteiger charge is 2.23. The highest BCUT2D eigenvalue weighted by Crippen LogP contribution is 2.34. The number of fused-ring (bicyclic) bond motifs is 1. The SMILES string of the molecule is C=C(NC1=C(C)CNC=C1)N1CCCN(C)c2ccc(-c3cccc(F)c3)nc21. The Balaban J connectivity index is 1.71. The molecule has 4 rings (SSSR count). The van der Waals surface area contributed by atoms with Crippen LogP contribution >= 0.6 is 0 Å². The smallest absolute Gasteiger partial charge is 0.158 e. The summed E-state index contributed by atoms with van der Waals surface area (Å²) >= 11 is 0. The van der Waals surface area contributed by atoms with Crippen molar-refractivity contribution in [1.82, 2.24) is 15.6 Å². The summed E-state index contributed by atoms with van der Waals surface area (Å²) in [5.74, 6) is 1.35. The van der Waals surface area contributed by atoms with Crippen molar-refractivity contribution in [1.29, 1.82) is 0 Å². The summed E-state index contributed by atoms with van der Waals surface area (Å²) in [6.45, 7) is 8.94. The molecule has 0 radical (unpaired) electrons. The number of nitrogens with zero attached hydrogens (tertiary/aromatic N) is 3. The highest BCUT2D eigenvalue weighted by molar-refractivity contribution is 5.74. The lowest BCUT2D eigenvalue weighted by Gasteiger charge is -2.29. The molecule has 150 valence electrons. The second-order valence-corrected chi connectivity index (χ2v) is 7.46. The van der Waals surface area contributed by atoms with E-state index in [2.05, 4.69) is 47.1 Å². The normalized spacial score (nSPS) is 16.2. The van der Waals surface area contributed by atoms with Gasteiger partial charge in [0.2, 0.25) is 0 Å². The van der Waals surface area contributed by atoms with Gasteiger partial charge < -0.3 is 20.4 Å². The number of allylic oxidation sites excluding steroid dienone is 1. The molecule has 0 bridgehead atoms. The molecule has 3 heterocycles. The maximum Gasteiger partial charge on any atom is 0.158 e. The standard InChI is InChI=1S/C23H26FN5/c1-16-15-25-11-10-20(16)26-17(2)29-13-5-12-28(3)22-9-8-21(27-23(22)29)18-6-4-7-19(24)14-18/h4,6-11,14,25-26H,2,5,12-13,15H2,1,3H3. The van der Waals surface area contributed by atoms with Gasteiger partial charge in [-0.25, -0.2) is 9.37 Å². The quantitative estimate of drug-likeness (QED) is 0.825. The van der Waals surface area contributed by atoms with E-state index in [1.165, 1.54) is 17.7 Å². The Morgan fingerprint density at radius 1 is 1.24 bits per heavy atom. The van der Waals surface area contributed by atoms with Crippen LogP contribution in [0, 0.1) is 5.82 Å². The second-order valence-electron chi connectivity index (χ2n) is 7.46. The first-order valence-electron chi connectivity index (χ1n) is 9.84. The maximum absolute atomic E-state index is 13.7. The van der Waals surface area contributed by atoms with Crippen LogP contribution in [0.4, 0.5) is 15.9 Å². The Hall–Kier alpha value is -3.28. The summed E-state index contributed by atoms with van der Waals surface area (Å²) < 4.78 is 13.7. The van der Waals surface area contributed by atoms with Gasteiger partial charge in [-0.3, -0.25) is 0 Å². The zero-order chi connectivity index (χ0) is 20.4. The van der Waals surface area contributed by atoms with Crippen molar-refractivity contribution < 1.29 is 4.39 Å². The summed E-state index contributed by atoms with van der Waals surface area (Å²) in [7, 11) is 2.07. The molecular formula is C23H26FN5. The van der Waals surface area contributed by atoms with Crippen LogP contribution in [-0.4, -0.2) is 31.7 Å². The van der Waals surface area contributed by atoms with Gasteiger partial charge in [-0.1, -0.05) is 18.7 Å². The summed E-state index contributed by atoms with van der Waals surface area (Å²) in [5, 5.41) is 6.66. The first-order chi connectivity index (χ1) is 14.0. The monoisotopic (exact) mass is 391 g/mol. The Morgan fingerprint density at radius 2 is 2.10 bits per heavy atom.